The predicted molar refractivity (Wildman–Crippen MR) is 91.9 cm³/mol. The number of nitrogens with zero attached hydrogens (tertiary/aromatic N) is 2. The van der Waals surface area contributed by atoms with Gasteiger partial charge >= 0.3 is 0 Å². The van der Waals surface area contributed by atoms with Crippen LogP contribution in [0.4, 0.5) is 0 Å². The molecule has 3 rings (SSSR count). The first-order valence-corrected chi connectivity index (χ1v) is 8.67. The smallest absolute Gasteiger partial charge is 0.111 e. The molecule has 0 aliphatic rings. The lowest BCUT2D eigenvalue weighted by atomic mass is 10.2. The van der Waals surface area contributed by atoms with Gasteiger partial charge in [0.1, 0.15) is 5.82 Å². The Bertz CT molecular complexity index is 761. The normalized spacial score (nSPS) is 11.4. The second-order valence-corrected chi connectivity index (χ2v) is 7.19. The number of fused-ring (bicyclic) bond motifs is 1. The van der Waals surface area contributed by atoms with Crippen LogP contribution >= 0.6 is 34.5 Å². The number of thiophene rings is 1. The van der Waals surface area contributed by atoms with E-state index in [-0.39, 0.29) is 0 Å². The SMILES string of the molecule is Cc1cccc2c1nc(CCCl)n2CCc1ccc(Cl)s1. The van der Waals surface area contributed by atoms with Crippen LogP contribution in [0.1, 0.15) is 16.3 Å². The average molecular weight is 339 g/mol. The van der Waals surface area contributed by atoms with Crippen LogP contribution in [-0.2, 0) is 19.4 Å². The Labute approximate surface area is 138 Å². The molecule has 5 heteroatoms. The number of para-hydroxylation sites is 1. The van der Waals surface area contributed by atoms with Crippen molar-refractivity contribution in [3.63, 3.8) is 0 Å². The molecule has 2 aromatic heterocycles. The van der Waals surface area contributed by atoms with Crippen LogP contribution in [-0.4, -0.2) is 15.4 Å². The van der Waals surface area contributed by atoms with E-state index in [2.05, 4.69) is 35.8 Å². The van der Waals surface area contributed by atoms with E-state index in [9.17, 15) is 0 Å². The van der Waals surface area contributed by atoms with E-state index in [1.165, 1.54) is 16.0 Å². The topological polar surface area (TPSA) is 17.8 Å². The zero-order valence-electron chi connectivity index (χ0n) is 11.8. The van der Waals surface area contributed by atoms with Crippen LogP contribution in [0.5, 0.6) is 0 Å². The summed E-state index contributed by atoms with van der Waals surface area (Å²) in [6, 6.07) is 10.4. The van der Waals surface area contributed by atoms with Gasteiger partial charge in [-0.05, 0) is 37.1 Å². The Morgan fingerprint density at radius 1 is 1.19 bits per heavy atom. The average Bonchev–Trinajstić information content (AvgIpc) is 3.02. The maximum atomic E-state index is 6.00. The van der Waals surface area contributed by atoms with E-state index in [0.717, 1.165) is 35.1 Å². The Morgan fingerprint density at radius 3 is 2.76 bits per heavy atom. The molecule has 0 bridgehead atoms. The molecular formula is C16H16Cl2N2S. The van der Waals surface area contributed by atoms with E-state index >= 15 is 0 Å². The summed E-state index contributed by atoms with van der Waals surface area (Å²) in [5, 5.41) is 0. The van der Waals surface area contributed by atoms with Crippen molar-refractivity contribution in [1.82, 2.24) is 9.55 Å². The molecule has 0 unspecified atom stereocenters. The minimum atomic E-state index is 0.590. The number of hydrogen-bond acceptors (Lipinski definition) is 2. The number of benzene rings is 1. The van der Waals surface area contributed by atoms with Crippen molar-refractivity contribution in [3.05, 3.63) is 50.9 Å². The van der Waals surface area contributed by atoms with Crippen molar-refractivity contribution in [3.8, 4) is 0 Å². The molecule has 2 nitrogen and oxygen atoms in total. The molecule has 1 aromatic carbocycles. The highest BCUT2D eigenvalue weighted by atomic mass is 35.5. The van der Waals surface area contributed by atoms with Gasteiger partial charge in [0.05, 0.1) is 15.4 Å². The van der Waals surface area contributed by atoms with E-state index in [0.29, 0.717) is 5.88 Å². The van der Waals surface area contributed by atoms with E-state index in [4.69, 9.17) is 28.2 Å². The van der Waals surface area contributed by atoms with Gasteiger partial charge < -0.3 is 4.57 Å². The van der Waals surface area contributed by atoms with Crippen LogP contribution in [0.3, 0.4) is 0 Å². The highest BCUT2D eigenvalue weighted by Gasteiger charge is 2.12. The third-order valence-corrected chi connectivity index (χ3v) is 5.07. The fraction of sp³-hybridized carbons (Fsp3) is 0.312. The highest BCUT2D eigenvalue weighted by molar-refractivity contribution is 7.16. The first-order chi connectivity index (χ1) is 10.2. The Hall–Kier alpha value is -1.03. The monoisotopic (exact) mass is 338 g/mol. The molecule has 21 heavy (non-hydrogen) atoms. The number of hydrogen-bond donors (Lipinski definition) is 0. The third kappa shape index (κ3) is 3.10. The molecule has 0 amide bonds. The molecule has 0 saturated carbocycles. The second kappa shape index (κ2) is 6.39. The Morgan fingerprint density at radius 2 is 2.05 bits per heavy atom. The Balaban J connectivity index is 1.95. The summed E-state index contributed by atoms with van der Waals surface area (Å²) in [7, 11) is 0. The van der Waals surface area contributed by atoms with Gasteiger partial charge in [-0.25, -0.2) is 4.98 Å². The first kappa shape index (κ1) is 14.9. The third-order valence-electron chi connectivity index (χ3n) is 3.59. The van der Waals surface area contributed by atoms with Gasteiger partial charge in [0.15, 0.2) is 0 Å². The van der Waals surface area contributed by atoms with Crippen molar-refractivity contribution >= 4 is 45.6 Å². The lowest BCUT2D eigenvalue weighted by Gasteiger charge is -2.07. The summed E-state index contributed by atoms with van der Waals surface area (Å²) in [6.45, 7) is 3.01. The molecule has 0 aliphatic heterocycles. The van der Waals surface area contributed by atoms with E-state index in [1.54, 1.807) is 11.3 Å². The molecule has 3 aromatic rings. The molecule has 2 heterocycles. The van der Waals surface area contributed by atoms with Gasteiger partial charge in [-0.15, -0.1) is 22.9 Å². The number of aryl methyl sites for hydroxylation is 4. The van der Waals surface area contributed by atoms with Crippen LogP contribution in [0.15, 0.2) is 30.3 Å². The summed E-state index contributed by atoms with van der Waals surface area (Å²) in [5.41, 5.74) is 3.49. The molecule has 0 radical (unpaired) electrons. The van der Waals surface area contributed by atoms with Gasteiger partial charge in [0, 0.05) is 23.7 Å². The molecule has 0 saturated heterocycles. The van der Waals surface area contributed by atoms with Gasteiger partial charge in [-0.3, -0.25) is 0 Å². The predicted octanol–water partition coefficient (Wildman–Crippen LogP) is 5.08. The highest BCUT2D eigenvalue weighted by Crippen LogP contribution is 2.24. The first-order valence-electron chi connectivity index (χ1n) is 6.94. The zero-order chi connectivity index (χ0) is 14.8. The number of aromatic nitrogens is 2. The van der Waals surface area contributed by atoms with Crippen molar-refractivity contribution in [2.45, 2.75) is 26.3 Å². The van der Waals surface area contributed by atoms with Crippen LogP contribution < -0.4 is 0 Å². The molecule has 0 fully saturated rings. The fourth-order valence-electron chi connectivity index (χ4n) is 2.57. The molecular weight excluding hydrogens is 323 g/mol. The molecule has 0 atom stereocenters. The quantitative estimate of drug-likeness (QED) is 0.593. The zero-order valence-corrected chi connectivity index (χ0v) is 14.1. The summed E-state index contributed by atoms with van der Waals surface area (Å²) < 4.78 is 3.13. The molecule has 0 N–H and O–H groups in total. The largest absolute Gasteiger partial charge is 0.328 e. The van der Waals surface area contributed by atoms with Crippen LogP contribution in [0.25, 0.3) is 11.0 Å². The second-order valence-electron chi connectivity index (χ2n) is 5.02. The number of halogens is 2. The van der Waals surface area contributed by atoms with E-state index < -0.39 is 0 Å². The van der Waals surface area contributed by atoms with Gasteiger partial charge in [-0.1, -0.05) is 23.7 Å². The molecule has 110 valence electrons. The molecule has 0 spiro atoms. The molecule has 0 aliphatic carbocycles. The van der Waals surface area contributed by atoms with Crippen molar-refractivity contribution in [2.75, 3.05) is 5.88 Å². The van der Waals surface area contributed by atoms with Crippen molar-refractivity contribution < 1.29 is 0 Å². The summed E-state index contributed by atoms with van der Waals surface area (Å²) in [5.74, 6) is 1.66. The number of rotatable bonds is 5. The fourth-order valence-corrected chi connectivity index (χ4v) is 3.81. The minimum absolute atomic E-state index is 0.590. The number of imidazole rings is 1. The maximum absolute atomic E-state index is 6.00. The summed E-state index contributed by atoms with van der Waals surface area (Å²) in [6.07, 6.45) is 1.76. The summed E-state index contributed by atoms with van der Waals surface area (Å²) >= 11 is 13.6. The minimum Gasteiger partial charge on any atom is -0.328 e. The lowest BCUT2D eigenvalue weighted by Crippen LogP contribution is -2.06. The summed E-state index contributed by atoms with van der Waals surface area (Å²) in [4.78, 5) is 6.07. The van der Waals surface area contributed by atoms with Crippen molar-refractivity contribution in [1.29, 1.82) is 0 Å². The maximum Gasteiger partial charge on any atom is 0.111 e. The van der Waals surface area contributed by atoms with Gasteiger partial charge in [-0.2, -0.15) is 0 Å². The number of alkyl halides is 1. The Kier molecular flexibility index (Phi) is 4.53. The lowest BCUT2D eigenvalue weighted by molar-refractivity contribution is 0.679. The van der Waals surface area contributed by atoms with Gasteiger partial charge in [0.25, 0.3) is 0 Å². The standard InChI is InChI=1S/C16H16Cl2N2S/c1-11-3-2-4-13-16(11)19-15(7-9-17)20(13)10-8-12-5-6-14(18)21-12/h2-6H,7-10H2,1H3. The van der Waals surface area contributed by atoms with Crippen molar-refractivity contribution in [2.24, 2.45) is 0 Å². The van der Waals surface area contributed by atoms with Gasteiger partial charge in [0.2, 0.25) is 0 Å². The van der Waals surface area contributed by atoms with E-state index in [1.807, 2.05) is 6.07 Å². The van der Waals surface area contributed by atoms with Crippen LogP contribution in [0, 0.1) is 6.92 Å². The van der Waals surface area contributed by atoms with Crippen LogP contribution in [0.2, 0.25) is 4.34 Å².